The van der Waals surface area contributed by atoms with E-state index in [0.717, 1.165) is 13.1 Å². The van der Waals surface area contributed by atoms with Gasteiger partial charge in [0.25, 0.3) is 0 Å². The average Bonchev–Trinajstić information content (AvgIpc) is 2.33. The van der Waals surface area contributed by atoms with E-state index >= 15 is 0 Å². The van der Waals surface area contributed by atoms with Crippen molar-refractivity contribution in [3.05, 3.63) is 34.4 Å². The summed E-state index contributed by atoms with van der Waals surface area (Å²) in [6, 6.07) is 4.46. The third kappa shape index (κ3) is 4.15. The summed E-state index contributed by atoms with van der Waals surface area (Å²) in [6.07, 6.45) is 0.441. The molecule has 0 saturated carbocycles. The number of hydrogen-bond acceptors (Lipinski definition) is 3. The molecule has 0 saturated heterocycles. The number of nitrogens with zero attached hydrogens (tertiary/aromatic N) is 1. The van der Waals surface area contributed by atoms with Gasteiger partial charge in [0.05, 0.1) is 13.5 Å². The molecule has 0 heterocycles. The van der Waals surface area contributed by atoms with Crippen LogP contribution in [-0.4, -0.2) is 31.6 Å². The Labute approximate surface area is 110 Å². The molecule has 0 unspecified atom stereocenters. The van der Waals surface area contributed by atoms with Crippen molar-refractivity contribution in [1.82, 2.24) is 4.90 Å². The van der Waals surface area contributed by atoms with Gasteiger partial charge >= 0.3 is 5.97 Å². The van der Waals surface area contributed by atoms with Gasteiger partial charge in [0, 0.05) is 13.1 Å². The zero-order chi connectivity index (χ0) is 13.7. The second-order valence-electron chi connectivity index (χ2n) is 4.93. The molecule has 0 aromatic heterocycles. The van der Waals surface area contributed by atoms with Gasteiger partial charge in [-0.15, -0.1) is 0 Å². The van der Waals surface area contributed by atoms with Gasteiger partial charge in [0.2, 0.25) is 0 Å². The first-order chi connectivity index (χ1) is 8.43. The minimum atomic E-state index is -0.154. The Morgan fingerprint density at radius 1 is 1.17 bits per heavy atom. The highest BCUT2D eigenvalue weighted by molar-refractivity contribution is 5.69. The number of benzene rings is 1. The zero-order valence-electron chi connectivity index (χ0n) is 12.0. The van der Waals surface area contributed by atoms with E-state index in [9.17, 15) is 4.79 Å². The Kier molecular flexibility index (Phi) is 5.35. The normalized spacial score (nSPS) is 10.8. The van der Waals surface area contributed by atoms with Gasteiger partial charge in [-0.1, -0.05) is 12.1 Å². The molecule has 0 fully saturated rings. The topological polar surface area (TPSA) is 29.5 Å². The van der Waals surface area contributed by atoms with Gasteiger partial charge in [0.15, 0.2) is 0 Å². The Morgan fingerprint density at radius 3 is 2.39 bits per heavy atom. The lowest BCUT2D eigenvalue weighted by atomic mass is 10.0. The predicted octanol–water partition coefficient (Wildman–Crippen LogP) is 2.61. The van der Waals surface area contributed by atoms with E-state index < -0.39 is 0 Å². The molecule has 1 aromatic carbocycles. The van der Waals surface area contributed by atoms with Gasteiger partial charge in [-0.3, -0.25) is 4.79 Å². The monoisotopic (exact) mass is 249 g/mol. The van der Waals surface area contributed by atoms with Crippen molar-refractivity contribution in [3.8, 4) is 0 Å². The average molecular weight is 249 g/mol. The van der Waals surface area contributed by atoms with Crippen molar-refractivity contribution in [1.29, 1.82) is 0 Å². The third-order valence-electron chi connectivity index (χ3n) is 3.32. The SMILES string of the molecule is COC(=O)CCN(C)Cc1cc(C)c(C)cc1C. The second-order valence-corrected chi connectivity index (χ2v) is 4.93. The largest absolute Gasteiger partial charge is 0.469 e. The molecule has 100 valence electrons. The number of methoxy groups -OCH3 is 1. The standard InChI is InChI=1S/C15H23NO2/c1-11-8-13(3)14(9-12(11)2)10-16(4)7-6-15(17)18-5/h8-9H,6-7,10H2,1-5H3. The number of carbonyl (C=O) groups excluding carboxylic acids is 1. The van der Waals surface area contributed by atoms with E-state index in [2.05, 4.69) is 42.5 Å². The van der Waals surface area contributed by atoms with E-state index in [0.29, 0.717) is 6.42 Å². The summed E-state index contributed by atoms with van der Waals surface area (Å²) < 4.78 is 4.64. The highest BCUT2D eigenvalue weighted by atomic mass is 16.5. The molecule has 0 atom stereocenters. The van der Waals surface area contributed by atoms with Crippen LogP contribution in [0.2, 0.25) is 0 Å². The van der Waals surface area contributed by atoms with Crippen molar-refractivity contribution in [2.45, 2.75) is 33.7 Å². The van der Waals surface area contributed by atoms with Crippen LogP contribution < -0.4 is 0 Å². The molecule has 0 aliphatic rings. The van der Waals surface area contributed by atoms with Gasteiger partial charge < -0.3 is 9.64 Å². The predicted molar refractivity (Wildman–Crippen MR) is 73.6 cm³/mol. The Morgan fingerprint density at radius 2 is 1.78 bits per heavy atom. The minimum absolute atomic E-state index is 0.154. The van der Waals surface area contributed by atoms with E-state index in [1.807, 2.05) is 7.05 Å². The van der Waals surface area contributed by atoms with Gasteiger partial charge in [-0.25, -0.2) is 0 Å². The van der Waals surface area contributed by atoms with E-state index in [4.69, 9.17) is 0 Å². The molecule has 1 rings (SSSR count). The molecule has 18 heavy (non-hydrogen) atoms. The lowest BCUT2D eigenvalue weighted by molar-refractivity contribution is -0.140. The molecule has 0 radical (unpaired) electrons. The van der Waals surface area contributed by atoms with Crippen molar-refractivity contribution >= 4 is 5.97 Å². The Bertz CT molecular complexity index is 427. The van der Waals surface area contributed by atoms with Crippen LogP contribution in [0.1, 0.15) is 28.7 Å². The minimum Gasteiger partial charge on any atom is -0.469 e. The van der Waals surface area contributed by atoms with E-state index in [-0.39, 0.29) is 5.97 Å². The number of carbonyl (C=O) groups is 1. The van der Waals surface area contributed by atoms with Gasteiger partial charge in [-0.2, -0.15) is 0 Å². The van der Waals surface area contributed by atoms with Crippen LogP contribution in [0.4, 0.5) is 0 Å². The maximum absolute atomic E-state index is 11.1. The Hall–Kier alpha value is -1.35. The summed E-state index contributed by atoms with van der Waals surface area (Å²) >= 11 is 0. The van der Waals surface area contributed by atoms with E-state index in [1.165, 1.54) is 29.4 Å². The summed E-state index contributed by atoms with van der Waals surface area (Å²) in [5.41, 5.74) is 5.28. The molecule has 0 amide bonds. The molecule has 0 spiro atoms. The second kappa shape index (κ2) is 6.55. The van der Waals surface area contributed by atoms with Crippen LogP contribution in [0.3, 0.4) is 0 Å². The van der Waals surface area contributed by atoms with Crippen molar-refractivity contribution in [2.75, 3.05) is 20.7 Å². The molecule has 0 bridgehead atoms. The highest BCUT2D eigenvalue weighted by Gasteiger charge is 2.07. The molecule has 0 N–H and O–H groups in total. The quantitative estimate of drug-likeness (QED) is 0.751. The molecular formula is C15H23NO2. The summed E-state index contributed by atoms with van der Waals surface area (Å²) in [7, 11) is 3.45. The molecule has 0 aliphatic carbocycles. The number of esters is 1. The van der Waals surface area contributed by atoms with Crippen LogP contribution in [0.15, 0.2) is 12.1 Å². The maximum atomic E-state index is 11.1. The third-order valence-corrected chi connectivity index (χ3v) is 3.32. The van der Waals surface area contributed by atoms with Crippen LogP contribution >= 0.6 is 0 Å². The van der Waals surface area contributed by atoms with Crippen LogP contribution in [0, 0.1) is 20.8 Å². The first-order valence-electron chi connectivity index (χ1n) is 6.26. The summed E-state index contributed by atoms with van der Waals surface area (Å²) in [6.45, 7) is 7.98. The van der Waals surface area contributed by atoms with E-state index in [1.54, 1.807) is 0 Å². The number of aryl methyl sites for hydroxylation is 3. The van der Waals surface area contributed by atoms with Crippen molar-refractivity contribution in [2.24, 2.45) is 0 Å². The highest BCUT2D eigenvalue weighted by Crippen LogP contribution is 2.16. The van der Waals surface area contributed by atoms with Crippen molar-refractivity contribution in [3.63, 3.8) is 0 Å². The molecule has 3 heteroatoms. The lowest BCUT2D eigenvalue weighted by Crippen LogP contribution is -2.22. The van der Waals surface area contributed by atoms with Crippen LogP contribution in [0.5, 0.6) is 0 Å². The first-order valence-corrected chi connectivity index (χ1v) is 6.26. The Balaban J connectivity index is 2.61. The smallest absolute Gasteiger partial charge is 0.306 e. The molecule has 1 aromatic rings. The lowest BCUT2D eigenvalue weighted by Gasteiger charge is -2.18. The van der Waals surface area contributed by atoms with Crippen LogP contribution in [-0.2, 0) is 16.1 Å². The van der Waals surface area contributed by atoms with Gasteiger partial charge in [0.1, 0.15) is 0 Å². The fourth-order valence-electron chi connectivity index (χ4n) is 1.94. The molecule has 0 aliphatic heterocycles. The first kappa shape index (κ1) is 14.7. The molecular weight excluding hydrogens is 226 g/mol. The van der Waals surface area contributed by atoms with Crippen molar-refractivity contribution < 1.29 is 9.53 Å². The summed E-state index contributed by atoms with van der Waals surface area (Å²) in [5, 5.41) is 0. The zero-order valence-corrected chi connectivity index (χ0v) is 12.0. The summed E-state index contributed by atoms with van der Waals surface area (Å²) in [4.78, 5) is 13.2. The van der Waals surface area contributed by atoms with Gasteiger partial charge in [-0.05, 0) is 50.1 Å². The molecule has 3 nitrogen and oxygen atoms in total. The fourth-order valence-corrected chi connectivity index (χ4v) is 1.94. The fraction of sp³-hybridized carbons (Fsp3) is 0.533. The number of rotatable bonds is 5. The summed E-state index contributed by atoms with van der Waals surface area (Å²) in [5.74, 6) is -0.154. The van der Waals surface area contributed by atoms with Crippen LogP contribution in [0.25, 0.3) is 0 Å². The number of hydrogen-bond donors (Lipinski definition) is 0. The maximum Gasteiger partial charge on any atom is 0.306 e. The number of ether oxygens (including phenoxy) is 1.